The van der Waals surface area contributed by atoms with Gasteiger partial charge >= 0.3 is 12.8 Å². The van der Waals surface area contributed by atoms with E-state index >= 15 is 0 Å². The van der Waals surface area contributed by atoms with Crippen molar-refractivity contribution in [3.8, 4) is 5.75 Å². The molecule has 0 spiro atoms. The van der Waals surface area contributed by atoms with Crippen LogP contribution in [0.5, 0.6) is 5.75 Å². The number of nitrogens with one attached hydrogen (secondary N) is 1. The molecule has 0 unspecified atom stereocenters. The molecule has 238 valence electrons. The lowest BCUT2D eigenvalue weighted by Crippen LogP contribution is -2.59. The Morgan fingerprint density at radius 3 is 2.41 bits per heavy atom. The lowest BCUT2D eigenvalue weighted by atomic mass is 9.88. The van der Waals surface area contributed by atoms with Gasteiger partial charge in [0.1, 0.15) is 22.3 Å². The third-order valence-corrected chi connectivity index (χ3v) is 10.2. The number of hydrogen-bond donors (Lipinski definition) is 1. The Bertz CT molecular complexity index is 1560. The van der Waals surface area contributed by atoms with E-state index < -0.39 is 51.8 Å². The summed E-state index contributed by atoms with van der Waals surface area (Å²) in [4.78, 5) is 19.7. The summed E-state index contributed by atoms with van der Waals surface area (Å²) in [5, 5.41) is 3.31. The maximum atomic E-state index is 13.3. The van der Waals surface area contributed by atoms with E-state index in [0.717, 1.165) is 23.5 Å². The number of carbonyl (C=O) groups is 1. The predicted molar refractivity (Wildman–Crippen MR) is 150 cm³/mol. The number of ether oxygens (including phenoxy) is 3. The van der Waals surface area contributed by atoms with E-state index in [1.165, 1.54) is 30.5 Å². The van der Waals surface area contributed by atoms with Crippen LogP contribution in [0.4, 0.5) is 27.1 Å². The molecule has 0 saturated carbocycles. The fraction of sp³-hybridized carbons (Fsp3) is 0.429. The van der Waals surface area contributed by atoms with Crippen molar-refractivity contribution >= 4 is 32.2 Å². The van der Waals surface area contributed by atoms with Crippen LogP contribution in [0.15, 0.2) is 59.6 Å². The van der Waals surface area contributed by atoms with E-state index in [0.29, 0.717) is 10.7 Å². The molecule has 1 N–H and O–H groups in total. The molecule has 1 aromatic heterocycles. The number of alkyl halides is 5. The number of halogens is 5. The van der Waals surface area contributed by atoms with Crippen LogP contribution in [-0.2, 0) is 31.0 Å². The first-order valence-electron chi connectivity index (χ1n) is 13.5. The normalized spacial score (nSPS) is 20.0. The molecule has 0 aliphatic carbocycles. The van der Waals surface area contributed by atoms with E-state index in [2.05, 4.69) is 15.0 Å². The SMILES string of the molecule is CCS(=O)(=O)c1ccc(C2(NC(=O)c3cnc(N4C[C@@H](Oc5ccc(C(F)(F)F)cc5)C[C@H]4COC(F)F)s3)COC2)cc1. The summed E-state index contributed by atoms with van der Waals surface area (Å²) in [5.74, 6) is -0.315. The molecule has 2 atom stereocenters. The molecule has 5 rings (SSSR count). The van der Waals surface area contributed by atoms with Crippen LogP contribution in [0.2, 0.25) is 0 Å². The highest BCUT2D eigenvalue weighted by Gasteiger charge is 2.43. The first-order chi connectivity index (χ1) is 20.8. The van der Waals surface area contributed by atoms with Crippen molar-refractivity contribution in [2.24, 2.45) is 0 Å². The average molecular weight is 662 g/mol. The van der Waals surface area contributed by atoms with Gasteiger partial charge in [-0.3, -0.25) is 4.79 Å². The van der Waals surface area contributed by atoms with Gasteiger partial charge in [-0.15, -0.1) is 0 Å². The lowest BCUT2D eigenvalue weighted by molar-refractivity contribution is -0.137. The first-order valence-corrected chi connectivity index (χ1v) is 16.0. The third kappa shape index (κ3) is 6.98. The Hall–Kier alpha value is -3.34. The van der Waals surface area contributed by atoms with Crippen molar-refractivity contribution < 1.29 is 49.4 Å². The van der Waals surface area contributed by atoms with Gasteiger partial charge in [0.25, 0.3) is 5.91 Å². The van der Waals surface area contributed by atoms with Crippen LogP contribution in [0.3, 0.4) is 0 Å². The number of sulfone groups is 1. The minimum atomic E-state index is -4.50. The Kier molecular flexibility index (Phi) is 9.16. The van der Waals surface area contributed by atoms with Crippen LogP contribution < -0.4 is 15.0 Å². The monoisotopic (exact) mass is 661 g/mol. The zero-order valence-electron chi connectivity index (χ0n) is 23.2. The second-order valence-corrected chi connectivity index (χ2v) is 13.6. The number of rotatable bonds is 11. The van der Waals surface area contributed by atoms with Crippen LogP contribution in [0.25, 0.3) is 0 Å². The number of benzene rings is 2. The summed E-state index contributed by atoms with van der Waals surface area (Å²) in [7, 11) is -3.39. The van der Waals surface area contributed by atoms with E-state index in [1.54, 1.807) is 24.0 Å². The van der Waals surface area contributed by atoms with Crippen molar-refractivity contribution in [3.05, 3.63) is 70.7 Å². The molecule has 9 nitrogen and oxygen atoms in total. The van der Waals surface area contributed by atoms with Crippen molar-refractivity contribution in [1.82, 2.24) is 10.3 Å². The van der Waals surface area contributed by atoms with Gasteiger partial charge in [-0.25, -0.2) is 13.4 Å². The van der Waals surface area contributed by atoms with Crippen molar-refractivity contribution in [2.75, 3.05) is 37.0 Å². The molecule has 1 amide bonds. The number of hydrogen-bond acceptors (Lipinski definition) is 9. The largest absolute Gasteiger partial charge is 0.489 e. The summed E-state index contributed by atoms with van der Waals surface area (Å²) < 4.78 is 105. The van der Waals surface area contributed by atoms with Crippen molar-refractivity contribution in [3.63, 3.8) is 0 Å². The van der Waals surface area contributed by atoms with E-state index in [4.69, 9.17) is 9.47 Å². The van der Waals surface area contributed by atoms with Gasteiger partial charge in [0, 0.05) is 6.42 Å². The molecule has 2 fully saturated rings. The first kappa shape index (κ1) is 32.1. The van der Waals surface area contributed by atoms with E-state index in [-0.39, 0.29) is 54.1 Å². The highest BCUT2D eigenvalue weighted by molar-refractivity contribution is 7.91. The molecular weight excluding hydrogens is 633 g/mol. The number of anilines is 1. The topological polar surface area (TPSA) is 107 Å². The summed E-state index contributed by atoms with van der Waals surface area (Å²) in [6.45, 7) is -1.32. The average Bonchev–Trinajstić information content (AvgIpc) is 3.61. The molecule has 2 aliphatic rings. The fourth-order valence-corrected chi connectivity index (χ4v) is 6.77. The van der Waals surface area contributed by atoms with Crippen LogP contribution in [-0.4, -0.2) is 70.2 Å². The van der Waals surface area contributed by atoms with Gasteiger partial charge in [0.2, 0.25) is 0 Å². The molecule has 0 bridgehead atoms. The molecule has 2 aliphatic heterocycles. The van der Waals surface area contributed by atoms with Crippen molar-refractivity contribution in [2.45, 2.75) is 48.7 Å². The van der Waals surface area contributed by atoms with E-state index in [9.17, 15) is 35.2 Å². The van der Waals surface area contributed by atoms with Gasteiger partial charge in [-0.05, 0) is 42.0 Å². The molecule has 44 heavy (non-hydrogen) atoms. The smallest absolute Gasteiger partial charge is 0.416 e. The molecule has 3 heterocycles. The number of carbonyl (C=O) groups excluding carboxylic acids is 1. The van der Waals surface area contributed by atoms with Gasteiger partial charge < -0.3 is 24.4 Å². The number of nitrogens with zero attached hydrogens (tertiary/aromatic N) is 2. The zero-order valence-corrected chi connectivity index (χ0v) is 24.9. The molecule has 3 aromatic rings. The second kappa shape index (κ2) is 12.6. The molecule has 0 radical (unpaired) electrons. The number of thiazole rings is 1. The second-order valence-electron chi connectivity index (χ2n) is 10.4. The number of aromatic nitrogens is 1. The van der Waals surface area contributed by atoms with Crippen LogP contribution in [0, 0.1) is 0 Å². The maximum absolute atomic E-state index is 13.3. The van der Waals surface area contributed by atoms with Gasteiger partial charge in [-0.2, -0.15) is 22.0 Å². The quantitative estimate of drug-likeness (QED) is 0.290. The highest BCUT2D eigenvalue weighted by Crippen LogP contribution is 2.35. The molecular formula is C28H28F5N3O6S2. The Labute approximate surface area is 253 Å². The minimum absolute atomic E-state index is 0.0425. The summed E-state index contributed by atoms with van der Waals surface area (Å²) in [5.41, 5.74) is -1.03. The standard InChI is InChI=1S/C28H28F5N3O6S2/c1-2-44(38,39)22-9-5-17(6-10-22)27(15-40-16-27)35-24(37)23-12-34-26(43-23)36-13-21(11-19(36)14-41-25(29)30)42-20-7-3-18(4-8-20)28(31,32)33/h3-10,12,19,21,25H,2,11,13-16H2,1H3,(H,35,37)/t19-,21-/m0/s1. The molecule has 2 saturated heterocycles. The Morgan fingerprint density at radius 2 is 1.84 bits per heavy atom. The zero-order chi connectivity index (χ0) is 31.7. The maximum Gasteiger partial charge on any atom is 0.416 e. The molecule has 16 heteroatoms. The highest BCUT2D eigenvalue weighted by atomic mass is 32.2. The molecule has 2 aromatic carbocycles. The summed E-state index contributed by atoms with van der Waals surface area (Å²) in [6.07, 6.45) is -3.49. The fourth-order valence-electron chi connectivity index (χ4n) is 5.00. The van der Waals surface area contributed by atoms with Gasteiger partial charge in [0.05, 0.1) is 54.8 Å². The minimum Gasteiger partial charge on any atom is -0.489 e. The third-order valence-electron chi connectivity index (χ3n) is 7.43. The predicted octanol–water partition coefficient (Wildman–Crippen LogP) is 4.88. The van der Waals surface area contributed by atoms with Gasteiger partial charge in [0.15, 0.2) is 15.0 Å². The Balaban J connectivity index is 1.29. The van der Waals surface area contributed by atoms with Crippen molar-refractivity contribution in [1.29, 1.82) is 0 Å². The summed E-state index contributed by atoms with van der Waals surface area (Å²) in [6, 6.07) is 9.83. The van der Waals surface area contributed by atoms with Crippen LogP contribution in [0.1, 0.15) is 34.1 Å². The lowest BCUT2D eigenvalue weighted by Gasteiger charge is -2.42. The summed E-state index contributed by atoms with van der Waals surface area (Å²) >= 11 is 1.03. The van der Waals surface area contributed by atoms with Crippen LogP contribution >= 0.6 is 11.3 Å². The van der Waals surface area contributed by atoms with Gasteiger partial charge in [-0.1, -0.05) is 30.4 Å². The van der Waals surface area contributed by atoms with E-state index in [1.807, 2.05) is 0 Å². The Morgan fingerprint density at radius 1 is 1.16 bits per heavy atom. The number of amides is 1.